The topological polar surface area (TPSA) is 108 Å². The zero-order chi connectivity index (χ0) is 17.1. The Hall–Kier alpha value is -3.20. The summed E-state index contributed by atoms with van der Waals surface area (Å²) in [6.07, 6.45) is 1.77. The van der Waals surface area contributed by atoms with Gasteiger partial charge < -0.3 is 20.1 Å². The Bertz CT molecular complexity index is 1270. The number of hydrogen-bond donors (Lipinski definition) is 2. The number of imidazole rings is 1. The predicted molar refractivity (Wildman–Crippen MR) is 98.6 cm³/mol. The number of nitrogens with two attached hydrogens (primary N) is 1. The molecule has 0 aliphatic heterocycles. The number of fused-ring (bicyclic) bond motifs is 4. The zero-order valence-electron chi connectivity index (χ0n) is 13.4. The molecule has 9 heteroatoms. The van der Waals surface area contributed by atoms with Gasteiger partial charge in [0.1, 0.15) is 31.9 Å². The highest BCUT2D eigenvalue weighted by molar-refractivity contribution is 7.21. The maximum atomic E-state index is 5.84. The highest BCUT2D eigenvalue weighted by Crippen LogP contribution is 2.36. The summed E-state index contributed by atoms with van der Waals surface area (Å²) < 4.78 is 7.00. The molecule has 0 bridgehead atoms. The molecule has 8 nitrogen and oxygen atoms in total. The lowest BCUT2D eigenvalue weighted by atomic mass is 10.1. The smallest absolute Gasteiger partial charge is 0.230 e. The molecule has 0 atom stereocenters. The van der Waals surface area contributed by atoms with Gasteiger partial charge >= 0.3 is 0 Å². The van der Waals surface area contributed by atoms with Crippen molar-refractivity contribution in [2.45, 2.75) is 0 Å². The average Bonchev–Trinajstić information content (AvgIpc) is 3.31. The van der Waals surface area contributed by atoms with Crippen molar-refractivity contribution in [3.8, 4) is 10.6 Å². The molecule has 0 amide bonds. The molecule has 5 aromatic rings. The van der Waals surface area contributed by atoms with Crippen LogP contribution in [-0.2, 0) is 7.05 Å². The van der Waals surface area contributed by atoms with Crippen LogP contribution < -0.4 is 11.1 Å². The lowest BCUT2D eigenvalue weighted by molar-refractivity contribution is 0.445. The maximum Gasteiger partial charge on any atom is 0.230 e. The van der Waals surface area contributed by atoms with Gasteiger partial charge in [-0.1, -0.05) is 16.5 Å². The third-order valence-corrected chi connectivity index (χ3v) is 5.19. The van der Waals surface area contributed by atoms with Crippen molar-refractivity contribution in [2.24, 2.45) is 7.05 Å². The van der Waals surface area contributed by atoms with Gasteiger partial charge in [0.15, 0.2) is 5.82 Å². The fourth-order valence-corrected chi connectivity index (χ4v) is 3.91. The van der Waals surface area contributed by atoms with Crippen molar-refractivity contribution in [1.82, 2.24) is 24.7 Å². The van der Waals surface area contributed by atoms with E-state index in [0.717, 1.165) is 48.7 Å². The van der Waals surface area contributed by atoms with Gasteiger partial charge in [-0.25, -0.2) is 15.0 Å². The van der Waals surface area contributed by atoms with Crippen molar-refractivity contribution in [3.63, 3.8) is 0 Å². The number of aromatic nitrogens is 5. The molecule has 0 radical (unpaired) electrons. The molecule has 25 heavy (non-hydrogen) atoms. The lowest BCUT2D eigenvalue weighted by Crippen LogP contribution is -1.95. The third-order valence-electron chi connectivity index (χ3n) is 4.20. The number of nitrogens with zero attached hydrogens (tertiary/aromatic N) is 5. The monoisotopic (exact) mass is 351 g/mol. The van der Waals surface area contributed by atoms with E-state index in [-0.39, 0.29) is 0 Å². The molecule has 0 unspecified atom stereocenters. The molecule has 0 spiro atoms. The summed E-state index contributed by atoms with van der Waals surface area (Å²) in [7, 11) is 3.80. The van der Waals surface area contributed by atoms with Gasteiger partial charge in [-0.3, -0.25) is 0 Å². The van der Waals surface area contributed by atoms with Crippen LogP contribution in [0.2, 0.25) is 0 Å². The number of aryl methyl sites for hydroxylation is 1. The first-order chi connectivity index (χ1) is 12.2. The average molecular weight is 351 g/mol. The Labute approximate surface area is 145 Å². The van der Waals surface area contributed by atoms with E-state index >= 15 is 0 Å². The zero-order valence-corrected chi connectivity index (χ0v) is 14.3. The molecular weight excluding hydrogens is 338 g/mol. The molecule has 124 valence electrons. The number of pyridine rings is 1. The highest BCUT2D eigenvalue weighted by Gasteiger charge is 2.17. The molecular formula is C16H13N7OS. The normalized spacial score (nSPS) is 11.8. The summed E-state index contributed by atoms with van der Waals surface area (Å²) >= 11 is 1.53. The number of thiazole rings is 1. The van der Waals surface area contributed by atoms with E-state index in [0.29, 0.717) is 5.88 Å². The van der Waals surface area contributed by atoms with E-state index in [1.165, 1.54) is 11.3 Å². The van der Waals surface area contributed by atoms with Crippen LogP contribution in [0.1, 0.15) is 0 Å². The highest BCUT2D eigenvalue weighted by atomic mass is 32.1. The Balaban J connectivity index is 1.80. The Morgan fingerprint density at radius 1 is 1.24 bits per heavy atom. The second-order valence-electron chi connectivity index (χ2n) is 5.71. The van der Waals surface area contributed by atoms with Crippen LogP contribution in [-0.4, -0.2) is 31.7 Å². The Morgan fingerprint density at radius 3 is 2.96 bits per heavy atom. The maximum absolute atomic E-state index is 5.84. The third kappa shape index (κ3) is 1.92. The van der Waals surface area contributed by atoms with Crippen LogP contribution in [0.25, 0.3) is 42.9 Å². The van der Waals surface area contributed by atoms with E-state index in [1.807, 2.05) is 36.9 Å². The van der Waals surface area contributed by atoms with E-state index in [1.54, 1.807) is 6.33 Å². The number of nitrogen functional groups attached to an aromatic ring is 1. The first-order valence-corrected chi connectivity index (χ1v) is 8.42. The summed E-state index contributed by atoms with van der Waals surface area (Å²) in [5.41, 5.74) is 10.1. The molecule has 0 saturated carbocycles. The van der Waals surface area contributed by atoms with Gasteiger partial charge in [-0.05, 0) is 18.2 Å². The van der Waals surface area contributed by atoms with Gasteiger partial charge in [0.25, 0.3) is 0 Å². The number of rotatable bonds is 2. The number of hydrogen-bond acceptors (Lipinski definition) is 8. The van der Waals surface area contributed by atoms with Gasteiger partial charge in [-0.15, -0.1) is 0 Å². The predicted octanol–water partition coefficient (Wildman–Crippen LogP) is 3.01. The van der Waals surface area contributed by atoms with Crippen molar-refractivity contribution >= 4 is 55.3 Å². The van der Waals surface area contributed by atoms with Crippen molar-refractivity contribution < 1.29 is 4.52 Å². The van der Waals surface area contributed by atoms with Gasteiger partial charge in [0.05, 0.1) is 11.7 Å². The minimum absolute atomic E-state index is 0.308. The quantitative estimate of drug-likeness (QED) is 0.503. The van der Waals surface area contributed by atoms with Crippen LogP contribution in [0, 0.1) is 0 Å². The van der Waals surface area contributed by atoms with Crippen molar-refractivity contribution in [3.05, 3.63) is 24.5 Å². The molecule has 0 fully saturated rings. The fourth-order valence-electron chi connectivity index (χ4n) is 2.97. The van der Waals surface area contributed by atoms with Crippen LogP contribution >= 0.6 is 11.3 Å². The molecule has 5 rings (SSSR count). The molecule has 0 saturated heterocycles. The molecule has 4 heterocycles. The van der Waals surface area contributed by atoms with Crippen molar-refractivity contribution in [1.29, 1.82) is 0 Å². The summed E-state index contributed by atoms with van der Waals surface area (Å²) in [5.74, 6) is 1.06. The number of anilines is 2. The second kappa shape index (κ2) is 4.90. The molecule has 0 aliphatic carbocycles. The minimum atomic E-state index is 0.308. The van der Waals surface area contributed by atoms with Crippen LogP contribution in [0.3, 0.4) is 0 Å². The summed E-state index contributed by atoms with van der Waals surface area (Å²) in [6.45, 7) is 0. The molecule has 4 aromatic heterocycles. The van der Waals surface area contributed by atoms with E-state index in [2.05, 4.69) is 20.4 Å². The van der Waals surface area contributed by atoms with E-state index in [4.69, 9.17) is 15.2 Å². The lowest BCUT2D eigenvalue weighted by Gasteiger charge is -2.01. The van der Waals surface area contributed by atoms with E-state index < -0.39 is 0 Å². The Morgan fingerprint density at radius 2 is 2.12 bits per heavy atom. The summed E-state index contributed by atoms with van der Waals surface area (Å²) in [4.78, 5) is 14.8. The number of benzene rings is 1. The van der Waals surface area contributed by atoms with E-state index in [9.17, 15) is 0 Å². The largest absolute Gasteiger partial charge is 0.371 e. The van der Waals surface area contributed by atoms with Crippen LogP contribution in [0.5, 0.6) is 0 Å². The minimum Gasteiger partial charge on any atom is -0.371 e. The van der Waals surface area contributed by atoms with Gasteiger partial charge in [-0.2, -0.15) is 0 Å². The standard InChI is InChI=1S/C16H13N7OS/c1-18-14-10-12(23(2)6-19-10)11-16(21-14)25-15(20-11)7-3-4-9-8(5-7)13(17)24-22-9/h3-6H,17H2,1-2H3,(H,18,21). The van der Waals surface area contributed by atoms with Gasteiger partial charge in [0, 0.05) is 19.7 Å². The molecule has 1 aromatic carbocycles. The fraction of sp³-hybridized carbons (Fsp3) is 0.125. The van der Waals surface area contributed by atoms with Crippen LogP contribution in [0.15, 0.2) is 29.0 Å². The van der Waals surface area contributed by atoms with Gasteiger partial charge in [0.2, 0.25) is 5.88 Å². The number of nitrogens with one attached hydrogen (secondary N) is 1. The second-order valence-corrected chi connectivity index (χ2v) is 6.69. The summed E-state index contributed by atoms with van der Waals surface area (Å²) in [6, 6.07) is 5.78. The van der Waals surface area contributed by atoms with Crippen LogP contribution in [0.4, 0.5) is 11.7 Å². The Kier molecular flexibility index (Phi) is 2.78. The first kappa shape index (κ1) is 14.2. The molecule has 0 aliphatic rings. The summed E-state index contributed by atoms with van der Waals surface area (Å²) in [5, 5.41) is 8.67. The van der Waals surface area contributed by atoms with Crippen molar-refractivity contribution in [2.75, 3.05) is 18.1 Å². The SMILES string of the molecule is CNc1nc2sc(-c3ccc4noc(N)c4c3)nc2c2c1ncn2C. The first-order valence-electron chi connectivity index (χ1n) is 7.60. The molecule has 3 N–H and O–H groups in total.